The SMILES string of the molecule is Cc1cccc(O[C@H](C)C(=O)N[C@H](C)c2ccc3c(c2)CCC3)c1C. The van der Waals surface area contributed by atoms with E-state index >= 15 is 0 Å². The fourth-order valence-electron chi connectivity index (χ4n) is 3.37. The maximum atomic E-state index is 12.5. The van der Waals surface area contributed by atoms with Gasteiger partial charge in [0.05, 0.1) is 6.04 Å². The molecular formula is C22H27NO2. The Balaban J connectivity index is 1.63. The van der Waals surface area contributed by atoms with Gasteiger partial charge in [0.15, 0.2) is 6.10 Å². The summed E-state index contributed by atoms with van der Waals surface area (Å²) in [7, 11) is 0. The lowest BCUT2D eigenvalue weighted by molar-refractivity contribution is -0.127. The van der Waals surface area contributed by atoms with Gasteiger partial charge in [-0.3, -0.25) is 4.79 Å². The van der Waals surface area contributed by atoms with E-state index in [-0.39, 0.29) is 11.9 Å². The van der Waals surface area contributed by atoms with E-state index in [1.54, 1.807) is 6.92 Å². The highest BCUT2D eigenvalue weighted by molar-refractivity contribution is 5.81. The van der Waals surface area contributed by atoms with Gasteiger partial charge in [0.1, 0.15) is 5.75 Å². The van der Waals surface area contributed by atoms with Crippen molar-refractivity contribution in [2.45, 2.75) is 59.1 Å². The number of carbonyl (C=O) groups excluding carboxylic acids is 1. The maximum Gasteiger partial charge on any atom is 0.261 e. The fraction of sp³-hybridized carbons (Fsp3) is 0.409. The number of rotatable bonds is 5. The first-order chi connectivity index (χ1) is 12.0. The predicted molar refractivity (Wildman–Crippen MR) is 101 cm³/mol. The highest BCUT2D eigenvalue weighted by Crippen LogP contribution is 2.26. The second kappa shape index (κ2) is 7.30. The summed E-state index contributed by atoms with van der Waals surface area (Å²) in [6.07, 6.45) is 3.03. The van der Waals surface area contributed by atoms with Crippen molar-refractivity contribution in [3.8, 4) is 5.75 Å². The van der Waals surface area contributed by atoms with Crippen molar-refractivity contribution in [2.24, 2.45) is 0 Å². The average molecular weight is 337 g/mol. The van der Waals surface area contributed by atoms with Gasteiger partial charge in [-0.05, 0) is 80.8 Å². The Kier molecular flexibility index (Phi) is 5.12. The van der Waals surface area contributed by atoms with Crippen LogP contribution >= 0.6 is 0 Å². The molecule has 3 heteroatoms. The van der Waals surface area contributed by atoms with Gasteiger partial charge in [0, 0.05) is 0 Å². The summed E-state index contributed by atoms with van der Waals surface area (Å²) in [5, 5.41) is 3.08. The predicted octanol–water partition coefficient (Wildman–Crippen LogP) is 4.44. The summed E-state index contributed by atoms with van der Waals surface area (Å²) in [5.74, 6) is 0.682. The summed E-state index contributed by atoms with van der Waals surface area (Å²) in [6, 6.07) is 12.5. The van der Waals surface area contributed by atoms with Gasteiger partial charge in [0.25, 0.3) is 5.91 Å². The van der Waals surface area contributed by atoms with E-state index < -0.39 is 6.10 Å². The second-order valence-corrected chi connectivity index (χ2v) is 7.07. The van der Waals surface area contributed by atoms with E-state index in [4.69, 9.17) is 4.74 Å². The molecule has 132 valence electrons. The molecule has 1 N–H and O–H groups in total. The minimum atomic E-state index is -0.530. The molecule has 0 saturated heterocycles. The minimum absolute atomic E-state index is 0.0249. The largest absolute Gasteiger partial charge is 0.481 e. The Bertz CT molecular complexity index is 782. The lowest BCUT2D eigenvalue weighted by atomic mass is 10.0. The first-order valence-electron chi connectivity index (χ1n) is 9.10. The fourth-order valence-corrected chi connectivity index (χ4v) is 3.37. The molecule has 2 aromatic rings. The quantitative estimate of drug-likeness (QED) is 0.876. The zero-order chi connectivity index (χ0) is 18.0. The number of fused-ring (bicyclic) bond motifs is 1. The molecule has 0 radical (unpaired) electrons. The Morgan fingerprint density at radius 2 is 1.84 bits per heavy atom. The molecule has 0 bridgehead atoms. The summed E-state index contributed by atoms with van der Waals surface area (Å²) in [5.41, 5.74) is 6.28. The average Bonchev–Trinajstić information content (AvgIpc) is 3.06. The highest BCUT2D eigenvalue weighted by atomic mass is 16.5. The van der Waals surface area contributed by atoms with Crippen molar-refractivity contribution in [1.29, 1.82) is 0 Å². The van der Waals surface area contributed by atoms with Crippen molar-refractivity contribution >= 4 is 5.91 Å². The summed E-state index contributed by atoms with van der Waals surface area (Å²) in [6.45, 7) is 7.89. The molecule has 0 spiro atoms. The van der Waals surface area contributed by atoms with Crippen LogP contribution < -0.4 is 10.1 Å². The van der Waals surface area contributed by atoms with Crippen LogP contribution in [0.25, 0.3) is 0 Å². The van der Waals surface area contributed by atoms with Crippen LogP contribution in [0.1, 0.15) is 54.1 Å². The first kappa shape index (κ1) is 17.5. The Morgan fingerprint density at radius 1 is 1.08 bits per heavy atom. The Morgan fingerprint density at radius 3 is 2.64 bits per heavy atom. The van der Waals surface area contributed by atoms with E-state index in [1.807, 2.05) is 39.0 Å². The van der Waals surface area contributed by atoms with Gasteiger partial charge >= 0.3 is 0 Å². The minimum Gasteiger partial charge on any atom is -0.481 e. The van der Waals surface area contributed by atoms with Gasteiger partial charge in [-0.2, -0.15) is 0 Å². The second-order valence-electron chi connectivity index (χ2n) is 7.07. The number of nitrogens with one attached hydrogen (secondary N) is 1. The molecule has 3 nitrogen and oxygen atoms in total. The molecule has 3 rings (SSSR count). The number of aryl methyl sites for hydroxylation is 3. The molecule has 0 heterocycles. The molecule has 0 fully saturated rings. The Labute approximate surface area is 150 Å². The lowest BCUT2D eigenvalue weighted by Gasteiger charge is -2.20. The highest BCUT2D eigenvalue weighted by Gasteiger charge is 2.20. The number of ether oxygens (including phenoxy) is 1. The molecule has 1 aliphatic carbocycles. The molecule has 2 atom stereocenters. The van der Waals surface area contributed by atoms with E-state index in [0.29, 0.717) is 0 Å². The Hall–Kier alpha value is -2.29. The molecule has 0 saturated carbocycles. The number of amides is 1. The molecule has 25 heavy (non-hydrogen) atoms. The topological polar surface area (TPSA) is 38.3 Å². The molecule has 0 aliphatic heterocycles. The van der Waals surface area contributed by atoms with Crippen LogP contribution in [0.15, 0.2) is 36.4 Å². The zero-order valence-corrected chi connectivity index (χ0v) is 15.6. The third-order valence-electron chi connectivity index (χ3n) is 5.21. The monoisotopic (exact) mass is 337 g/mol. The van der Waals surface area contributed by atoms with Crippen LogP contribution in [0, 0.1) is 13.8 Å². The molecule has 0 aromatic heterocycles. The normalized spacial score (nSPS) is 15.4. The van der Waals surface area contributed by atoms with Crippen LogP contribution in [0.4, 0.5) is 0 Å². The maximum absolute atomic E-state index is 12.5. The number of carbonyl (C=O) groups is 1. The van der Waals surface area contributed by atoms with E-state index in [2.05, 4.69) is 23.5 Å². The van der Waals surface area contributed by atoms with Crippen LogP contribution in [0.3, 0.4) is 0 Å². The van der Waals surface area contributed by atoms with Gasteiger partial charge in [-0.15, -0.1) is 0 Å². The third kappa shape index (κ3) is 3.87. The van der Waals surface area contributed by atoms with E-state index in [1.165, 1.54) is 24.0 Å². The summed E-state index contributed by atoms with van der Waals surface area (Å²) >= 11 is 0. The molecule has 1 aliphatic rings. The molecular weight excluding hydrogens is 310 g/mol. The van der Waals surface area contributed by atoms with Crippen LogP contribution in [-0.2, 0) is 17.6 Å². The number of benzene rings is 2. The summed E-state index contributed by atoms with van der Waals surface area (Å²) in [4.78, 5) is 12.5. The third-order valence-corrected chi connectivity index (χ3v) is 5.21. The van der Waals surface area contributed by atoms with Gasteiger partial charge < -0.3 is 10.1 Å². The summed E-state index contributed by atoms with van der Waals surface area (Å²) < 4.78 is 5.89. The van der Waals surface area contributed by atoms with Gasteiger partial charge in [0.2, 0.25) is 0 Å². The lowest BCUT2D eigenvalue weighted by Crippen LogP contribution is -2.37. The van der Waals surface area contributed by atoms with E-state index in [9.17, 15) is 4.79 Å². The van der Waals surface area contributed by atoms with Gasteiger partial charge in [-0.25, -0.2) is 0 Å². The van der Waals surface area contributed by atoms with Crippen molar-refractivity contribution < 1.29 is 9.53 Å². The van der Waals surface area contributed by atoms with Crippen molar-refractivity contribution in [3.63, 3.8) is 0 Å². The van der Waals surface area contributed by atoms with Crippen molar-refractivity contribution in [1.82, 2.24) is 5.32 Å². The standard InChI is InChI=1S/C22H27NO2/c1-14-7-5-10-21(15(14)2)25-17(4)22(24)23-16(3)19-12-11-18-8-6-9-20(18)13-19/h5,7,10-13,16-17H,6,8-9H2,1-4H3,(H,23,24)/t16-,17-/m1/s1. The van der Waals surface area contributed by atoms with Crippen molar-refractivity contribution in [3.05, 3.63) is 64.2 Å². The van der Waals surface area contributed by atoms with Crippen LogP contribution in [0.2, 0.25) is 0 Å². The van der Waals surface area contributed by atoms with E-state index in [0.717, 1.165) is 28.9 Å². The number of hydrogen-bond acceptors (Lipinski definition) is 2. The first-order valence-corrected chi connectivity index (χ1v) is 9.10. The smallest absolute Gasteiger partial charge is 0.261 e. The van der Waals surface area contributed by atoms with Crippen LogP contribution in [-0.4, -0.2) is 12.0 Å². The molecule has 2 aromatic carbocycles. The number of hydrogen-bond donors (Lipinski definition) is 1. The molecule has 0 unspecified atom stereocenters. The van der Waals surface area contributed by atoms with Gasteiger partial charge in [-0.1, -0.05) is 30.3 Å². The van der Waals surface area contributed by atoms with Crippen molar-refractivity contribution in [2.75, 3.05) is 0 Å². The zero-order valence-electron chi connectivity index (χ0n) is 15.6. The van der Waals surface area contributed by atoms with Crippen LogP contribution in [0.5, 0.6) is 5.75 Å². The molecule has 1 amide bonds.